The van der Waals surface area contributed by atoms with Crippen LogP contribution in [0.1, 0.15) is 126 Å². The lowest BCUT2D eigenvalue weighted by Gasteiger charge is -2.67. The Labute approximate surface area is 265 Å². The first kappa shape index (κ1) is 29.4. The normalized spacial score (nSPS) is 39.7. The number of hydrogen-bond acceptors (Lipinski definition) is 1. The molecule has 4 heteroatoms. The molecule has 8 bridgehead atoms. The van der Waals surface area contributed by atoms with E-state index in [1.165, 1.54) is 99.3 Å². The average molecular weight is 616 g/mol. The van der Waals surface area contributed by atoms with Crippen molar-refractivity contribution in [1.29, 1.82) is 0 Å². The largest absolute Gasteiger partial charge is 0.242 e. The summed E-state index contributed by atoms with van der Waals surface area (Å²) >= 11 is 0. The fourth-order valence-corrected chi connectivity index (χ4v) is 18.6. The van der Waals surface area contributed by atoms with E-state index in [-0.39, 0.29) is 18.7 Å². The third-order valence-corrected chi connectivity index (χ3v) is 18.3. The second kappa shape index (κ2) is 10.5. The molecular formula is C39H54NOPS. The summed E-state index contributed by atoms with van der Waals surface area (Å²) < 4.78 is 17.4. The second-order valence-corrected chi connectivity index (χ2v) is 22.6. The van der Waals surface area contributed by atoms with Crippen molar-refractivity contribution in [2.45, 2.75) is 133 Å². The van der Waals surface area contributed by atoms with Gasteiger partial charge in [0.1, 0.15) is 0 Å². The van der Waals surface area contributed by atoms with Crippen LogP contribution in [0, 0.1) is 49.4 Å². The summed E-state index contributed by atoms with van der Waals surface area (Å²) in [6.45, 7) is 10.8. The van der Waals surface area contributed by atoms with Crippen LogP contribution in [0.2, 0.25) is 0 Å². The van der Waals surface area contributed by atoms with Gasteiger partial charge in [0.25, 0.3) is 0 Å². The Kier molecular flexibility index (Phi) is 7.18. The van der Waals surface area contributed by atoms with Crippen LogP contribution in [0.3, 0.4) is 0 Å². The van der Waals surface area contributed by atoms with Crippen molar-refractivity contribution in [2.75, 3.05) is 0 Å². The molecule has 10 rings (SSSR count). The van der Waals surface area contributed by atoms with Crippen molar-refractivity contribution in [2.24, 2.45) is 35.5 Å². The molecule has 43 heavy (non-hydrogen) atoms. The van der Waals surface area contributed by atoms with E-state index in [9.17, 15) is 4.21 Å². The molecule has 232 valence electrons. The molecule has 2 atom stereocenters. The van der Waals surface area contributed by atoms with Gasteiger partial charge < -0.3 is 0 Å². The van der Waals surface area contributed by atoms with Crippen molar-refractivity contribution in [3.63, 3.8) is 0 Å². The zero-order valence-corrected chi connectivity index (χ0v) is 29.0. The summed E-state index contributed by atoms with van der Waals surface area (Å²) in [6, 6.07) is 16.6. The number of nitrogens with one attached hydrogen (secondary N) is 1. The Bertz CT molecular complexity index is 1290. The zero-order chi connectivity index (χ0) is 29.7. The Morgan fingerprint density at radius 3 is 1.56 bits per heavy atom. The summed E-state index contributed by atoms with van der Waals surface area (Å²) in [5, 5.41) is 2.73. The predicted octanol–water partition coefficient (Wildman–Crippen LogP) is 9.49. The minimum absolute atomic E-state index is 0.0531. The van der Waals surface area contributed by atoms with Gasteiger partial charge in [-0.3, -0.25) is 0 Å². The smallest absolute Gasteiger partial charge is 0.0979 e. The van der Waals surface area contributed by atoms with Crippen molar-refractivity contribution in [1.82, 2.24) is 4.72 Å². The van der Waals surface area contributed by atoms with Crippen molar-refractivity contribution in [3.05, 3.63) is 64.7 Å². The minimum Gasteiger partial charge on any atom is -0.242 e. The Morgan fingerprint density at radius 2 is 1.14 bits per heavy atom. The second-order valence-electron chi connectivity index (χ2n) is 17.5. The van der Waals surface area contributed by atoms with Crippen LogP contribution >= 0.6 is 7.92 Å². The van der Waals surface area contributed by atoms with Crippen LogP contribution < -0.4 is 10.0 Å². The SMILES string of the molecule is Cc1cc(C)cc([C@@H](NS(=O)C(C)(C)C)c2ccccc2P(C23CC4CC(CC(C4)C2)C3)C23CC4CC(CC(C4)C2)C3)c1. The molecule has 8 aliphatic rings. The first-order valence-corrected chi connectivity index (χ1v) is 20.1. The Morgan fingerprint density at radius 1 is 0.721 bits per heavy atom. The highest BCUT2D eigenvalue weighted by molar-refractivity contribution is 7.84. The third kappa shape index (κ3) is 5.15. The van der Waals surface area contributed by atoms with E-state index in [0.717, 1.165) is 35.5 Å². The maximum absolute atomic E-state index is 13.9. The lowest BCUT2D eigenvalue weighted by atomic mass is 9.55. The van der Waals surface area contributed by atoms with E-state index in [1.807, 2.05) is 0 Å². The van der Waals surface area contributed by atoms with Gasteiger partial charge in [-0.05, 0) is 174 Å². The Balaban J connectivity index is 1.31. The monoisotopic (exact) mass is 615 g/mol. The molecule has 0 heterocycles. The summed E-state index contributed by atoms with van der Waals surface area (Å²) in [7, 11) is -1.52. The molecule has 8 saturated carbocycles. The van der Waals surface area contributed by atoms with E-state index in [1.54, 1.807) is 5.30 Å². The summed E-state index contributed by atoms with van der Waals surface area (Å²) in [5.41, 5.74) is 5.33. The van der Waals surface area contributed by atoms with E-state index in [2.05, 4.69) is 81.8 Å². The molecule has 2 aromatic rings. The van der Waals surface area contributed by atoms with Gasteiger partial charge in [-0.1, -0.05) is 61.5 Å². The Hall–Kier alpha value is -1.02. The molecule has 0 aromatic heterocycles. The topological polar surface area (TPSA) is 29.1 Å². The molecule has 0 amide bonds. The molecule has 1 N–H and O–H groups in total. The summed E-state index contributed by atoms with van der Waals surface area (Å²) in [6.07, 6.45) is 18.1. The van der Waals surface area contributed by atoms with Crippen molar-refractivity contribution >= 4 is 24.2 Å². The number of benzene rings is 2. The molecule has 0 spiro atoms. The predicted molar refractivity (Wildman–Crippen MR) is 184 cm³/mol. The van der Waals surface area contributed by atoms with Crippen molar-refractivity contribution < 1.29 is 4.21 Å². The van der Waals surface area contributed by atoms with Gasteiger partial charge >= 0.3 is 0 Å². The zero-order valence-electron chi connectivity index (χ0n) is 27.3. The van der Waals surface area contributed by atoms with Gasteiger partial charge in [-0.15, -0.1) is 0 Å². The highest BCUT2D eigenvalue weighted by Crippen LogP contribution is 2.78. The molecule has 1 unspecified atom stereocenters. The number of rotatable bonds is 7. The van der Waals surface area contributed by atoms with Gasteiger partial charge in [0.15, 0.2) is 0 Å². The standard InChI is InChI=1S/C39H54NOPS/c1-25-10-26(2)12-33(11-25)36(40-43(41)37(3,4)5)34-8-6-7-9-35(34)42(38-19-27-13-28(20-38)15-29(14-27)21-38)39-22-30-16-31(23-39)18-32(17-30)24-39/h6-12,27-32,36,40H,13-24H2,1-5H3/t27?,28?,29?,30?,31?,32?,36-,38?,39?,42?,43?/m1/s1. The molecule has 8 fully saturated rings. The van der Waals surface area contributed by atoms with Gasteiger partial charge in [0, 0.05) is 0 Å². The van der Waals surface area contributed by atoms with Gasteiger partial charge in [-0.25, -0.2) is 8.93 Å². The van der Waals surface area contributed by atoms with Gasteiger partial charge in [0.05, 0.1) is 21.8 Å². The van der Waals surface area contributed by atoms with Crippen LogP contribution in [-0.4, -0.2) is 19.3 Å². The van der Waals surface area contributed by atoms with E-state index in [4.69, 9.17) is 0 Å². The highest BCUT2D eigenvalue weighted by atomic mass is 32.2. The summed E-state index contributed by atoms with van der Waals surface area (Å²) in [4.78, 5) is 0. The number of aryl methyl sites for hydroxylation is 2. The fraction of sp³-hybridized carbons (Fsp3) is 0.692. The quantitative estimate of drug-likeness (QED) is 0.309. The van der Waals surface area contributed by atoms with Crippen LogP contribution in [0.4, 0.5) is 0 Å². The lowest BCUT2D eigenvalue weighted by molar-refractivity contribution is 0.0195. The maximum Gasteiger partial charge on any atom is 0.0979 e. The minimum atomic E-state index is -1.17. The van der Waals surface area contributed by atoms with Gasteiger partial charge in [-0.2, -0.15) is 0 Å². The first-order valence-electron chi connectivity index (χ1n) is 17.6. The van der Waals surface area contributed by atoms with E-state index < -0.39 is 11.0 Å². The third-order valence-electron chi connectivity index (χ3n) is 12.8. The molecule has 8 aliphatic carbocycles. The maximum atomic E-state index is 13.9. The van der Waals surface area contributed by atoms with E-state index >= 15 is 0 Å². The summed E-state index contributed by atoms with van der Waals surface area (Å²) in [5.74, 6) is 5.83. The molecule has 0 radical (unpaired) electrons. The van der Waals surface area contributed by atoms with Crippen LogP contribution in [0.5, 0.6) is 0 Å². The van der Waals surface area contributed by atoms with Crippen LogP contribution in [0.25, 0.3) is 0 Å². The molecule has 0 saturated heterocycles. The molecule has 2 nitrogen and oxygen atoms in total. The fourth-order valence-electron chi connectivity index (χ4n) is 12.4. The van der Waals surface area contributed by atoms with Gasteiger partial charge in [0.2, 0.25) is 0 Å². The van der Waals surface area contributed by atoms with Crippen LogP contribution in [-0.2, 0) is 11.0 Å². The first-order chi connectivity index (χ1) is 20.5. The highest BCUT2D eigenvalue weighted by Gasteiger charge is 2.63. The van der Waals surface area contributed by atoms with E-state index in [0.29, 0.717) is 10.3 Å². The average Bonchev–Trinajstić information content (AvgIpc) is 2.89. The molecular weight excluding hydrogens is 561 g/mol. The van der Waals surface area contributed by atoms with Crippen molar-refractivity contribution in [3.8, 4) is 0 Å². The van der Waals surface area contributed by atoms with Crippen LogP contribution in [0.15, 0.2) is 42.5 Å². The molecule has 2 aromatic carbocycles. The number of hydrogen-bond donors (Lipinski definition) is 1. The lowest BCUT2D eigenvalue weighted by Crippen LogP contribution is -2.58. The molecule has 0 aliphatic heterocycles.